The Balaban J connectivity index is 1.92. The molecule has 19 heavy (non-hydrogen) atoms. The fourth-order valence-corrected chi connectivity index (χ4v) is 2.23. The highest BCUT2D eigenvalue weighted by atomic mass is 19.1. The van der Waals surface area contributed by atoms with Crippen LogP contribution in [0.25, 0.3) is 0 Å². The molecule has 1 saturated heterocycles. The SMILES string of the molecule is CNC(C)c1ccc(OCC2CCOCC2)cc1F. The van der Waals surface area contributed by atoms with Crippen molar-refractivity contribution in [2.45, 2.75) is 25.8 Å². The Labute approximate surface area is 114 Å². The van der Waals surface area contributed by atoms with Crippen LogP contribution in [0.5, 0.6) is 5.75 Å². The maximum absolute atomic E-state index is 13.9. The number of hydrogen-bond donors (Lipinski definition) is 1. The van der Waals surface area contributed by atoms with Gasteiger partial charge in [0.2, 0.25) is 0 Å². The fourth-order valence-electron chi connectivity index (χ4n) is 2.23. The van der Waals surface area contributed by atoms with Crippen LogP contribution >= 0.6 is 0 Å². The van der Waals surface area contributed by atoms with Crippen molar-refractivity contribution in [2.75, 3.05) is 26.9 Å². The van der Waals surface area contributed by atoms with Crippen LogP contribution in [0.1, 0.15) is 31.4 Å². The average molecular weight is 267 g/mol. The third-order valence-corrected chi connectivity index (χ3v) is 3.70. The molecule has 1 aromatic carbocycles. The van der Waals surface area contributed by atoms with Crippen molar-refractivity contribution in [2.24, 2.45) is 5.92 Å². The van der Waals surface area contributed by atoms with E-state index in [9.17, 15) is 4.39 Å². The van der Waals surface area contributed by atoms with E-state index in [-0.39, 0.29) is 11.9 Å². The molecule has 3 nitrogen and oxygen atoms in total. The summed E-state index contributed by atoms with van der Waals surface area (Å²) >= 11 is 0. The third kappa shape index (κ3) is 3.91. The maximum Gasteiger partial charge on any atom is 0.131 e. The lowest BCUT2D eigenvalue weighted by Gasteiger charge is -2.22. The van der Waals surface area contributed by atoms with Crippen LogP contribution in [-0.4, -0.2) is 26.9 Å². The summed E-state index contributed by atoms with van der Waals surface area (Å²) in [5.74, 6) is 0.912. The summed E-state index contributed by atoms with van der Waals surface area (Å²) in [6.45, 7) is 4.19. The minimum absolute atomic E-state index is 0.00421. The Morgan fingerprint density at radius 2 is 2.16 bits per heavy atom. The van der Waals surface area contributed by atoms with Gasteiger partial charge in [-0.1, -0.05) is 6.07 Å². The smallest absolute Gasteiger partial charge is 0.131 e. The molecule has 1 N–H and O–H groups in total. The first-order chi connectivity index (χ1) is 9.20. The lowest BCUT2D eigenvalue weighted by Crippen LogP contribution is -2.21. The molecule has 1 heterocycles. The predicted molar refractivity (Wildman–Crippen MR) is 72.9 cm³/mol. The second-order valence-corrected chi connectivity index (χ2v) is 5.06. The van der Waals surface area contributed by atoms with Gasteiger partial charge in [0.15, 0.2) is 0 Å². The van der Waals surface area contributed by atoms with Crippen LogP contribution in [-0.2, 0) is 4.74 Å². The van der Waals surface area contributed by atoms with E-state index < -0.39 is 0 Å². The molecule has 2 rings (SSSR count). The number of halogens is 1. The highest BCUT2D eigenvalue weighted by Gasteiger charge is 2.15. The summed E-state index contributed by atoms with van der Waals surface area (Å²) < 4.78 is 24.9. The van der Waals surface area contributed by atoms with E-state index in [1.165, 1.54) is 6.07 Å². The quantitative estimate of drug-likeness (QED) is 0.889. The molecule has 1 aliphatic rings. The van der Waals surface area contributed by atoms with Gasteiger partial charge < -0.3 is 14.8 Å². The van der Waals surface area contributed by atoms with Crippen LogP contribution in [0.2, 0.25) is 0 Å². The van der Waals surface area contributed by atoms with Crippen molar-refractivity contribution >= 4 is 0 Å². The fraction of sp³-hybridized carbons (Fsp3) is 0.600. The van der Waals surface area contributed by atoms with Crippen molar-refractivity contribution in [1.29, 1.82) is 0 Å². The van der Waals surface area contributed by atoms with Gasteiger partial charge in [-0.15, -0.1) is 0 Å². The molecular weight excluding hydrogens is 245 g/mol. The van der Waals surface area contributed by atoms with Gasteiger partial charge in [-0.25, -0.2) is 4.39 Å². The molecule has 1 unspecified atom stereocenters. The second kappa shape index (κ2) is 6.87. The van der Waals surface area contributed by atoms with Gasteiger partial charge in [-0.2, -0.15) is 0 Å². The highest BCUT2D eigenvalue weighted by Crippen LogP contribution is 2.23. The molecule has 106 valence electrons. The van der Waals surface area contributed by atoms with Crippen molar-refractivity contribution in [1.82, 2.24) is 5.32 Å². The lowest BCUT2D eigenvalue weighted by molar-refractivity contribution is 0.0497. The van der Waals surface area contributed by atoms with Crippen LogP contribution in [0.4, 0.5) is 4.39 Å². The zero-order chi connectivity index (χ0) is 13.7. The highest BCUT2D eigenvalue weighted by molar-refractivity contribution is 5.30. The lowest BCUT2D eigenvalue weighted by atomic mass is 10.0. The van der Waals surface area contributed by atoms with E-state index in [2.05, 4.69) is 5.32 Å². The number of ether oxygens (including phenoxy) is 2. The molecule has 0 bridgehead atoms. The number of nitrogens with one attached hydrogen (secondary N) is 1. The topological polar surface area (TPSA) is 30.5 Å². The van der Waals surface area contributed by atoms with E-state index in [4.69, 9.17) is 9.47 Å². The first-order valence-electron chi connectivity index (χ1n) is 6.88. The normalized spacial score (nSPS) is 18.3. The molecule has 0 amide bonds. The molecule has 1 aromatic rings. The first-order valence-corrected chi connectivity index (χ1v) is 6.88. The second-order valence-electron chi connectivity index (χ2n) is 5.06. The molecule has 0 aliphatic carbocycles. The Hall–Kier alpha value is -1.13. The van der Waals surface area contributed by atoms with E-state index in [1.54, 1.807) is 6.07 Å². The molecular formula is C15H22FNO2. The van der Waals surface area contributed by atoms with Gasteiger partial charge in [-0.3, -0.25) is 0 Å². The first kappa shape index (κ1) is 14.3. The van der Waals surface area contributed by atoms with E-state index >= 15 is 0 Å². The predicted octanol–water partition coefficient (Wildman–Crippen LogP) is 2.91. The summed E-state index contributed by atoms with van der Waals surface area (Å²) in [6.07, 6.45) is 2.05. The van der Waals surface area contributed by atoms with Crippen molar-refractivity contribution in [3.63, 3.8) is 0 Å². The Morgan fingerprint density at radius 3 is 2.79 bits per heavy atom. The van der Waals surface area contributed by atoms with Crippen LogP contribution in [0.15, 0.2) is 18.2 Å². The Bertz CT molecular complexity index is 405. The summed E-state index contributed by atoms with van der Waals surface area (Å²) in [5, 5.41) is 3.03. The molecule has 1 aliphatic heterocycles. The Morgan fingerprint density at radius 1 is 1.42 bits per heavy atom. The third-order valence-electron chi connectivity index (χ3n) is 3.70. The van der Waals surface area contributed by atoms with Crippen LogP contribution in [0, 0.1) is 11.7 Å². The Kier molecular flexibility index (Phi) is 5.16. The van der Waals surface area contributed by atoms with Gasteiger partial charge in [0.05, 0.1) is 6.61 Å². The summed E-state index contributed by atoms with van der Waals surface area (Å²) in [7, 11) is 1.82. The number of rotatable bonds is 5. The van der Waals surface area contributed by atoms with Gasteiger partial charge >= 0.3 is 0 Å². The maximum atomic E-state index is 13.9. The van der Waals surface area contributed by atoms with Crippen LogP contribution < -0.4 is 10.1 Å². The van der Waals surface area contributed by atoms with Gasteiger partial charge in [-0.05, 0) is 38.8 Å². The molecule has 1 fully saturated rings. The van der Waals surface area contributed by atoms with E-state index in [0.717, 1.165) is 26.1 Å². The van der Waals surface area contributed by atoms with Crippen molar-refractivity contribution < 1.29 is 13.9 Å². The van der Waals surface area contributed by atoms with Gasteiger partial charge in [0.25, 0.3) is 0 Å². The zero-order valence-corrected chi connectivity index (χ0v) is 11.6. The molecule has 0 saturated carbocycles. The monoisotopic (exact) mass is 267 g/mol. The molecule has 1 atom stereocenters. The number of hydrogen-bond acceptors (Lipinski definition) is 3. The van der Waals surface area contributed by atoms with Crippen LogP contribution in [0.3, 0.4) is 0 Å². The van der Waals surface area contributed by atoms with E-state index in [1.807, 2.05) is 20.0 Å². The van der Waals surface area contributed by atoms with Crippen molar-refractivity contribution in [3.8, 4) is 5.75 Å². The van der Waals surface area contributed by atoms with Crippen molar-refractivity contribution in [3.05, 3.63) is 29.6 Å². The summed E-state index contributed by atoms with van der Waals surface area (Å²) in [4.78, 5) is 0. The summed E-state index contributed by atoms with van der Waals surface area (Å²) in [6, 6.07) is 5.11. The molecule has 4 heteroatoms. The van der Waals surface area contributed by atoms with Gasteiger partial charge in [0, 0.05) is 30.9 Å². The molecule has 0 radical (unpaired) electrons. The standard InChI is InChI=1S/C15H22FNO2/c1-11(17-2)14-4-3-13(9-15(14)16)19-10-12-5-7-18-8-6-12/h3-4,9,11-12,17H,5-8,10H2,1-2H3. The minimum Gasteiger partial charge on any atom is -0.493 e. The van der Waals surface area contributed by atoms with E-state index in [0.29, 0.717) is 23.8 Å². The van der Waals surface area contributed by atoms with Gasteiger partial charge in [0.1, 0.15) is 11.6 Å². The zero-order valence-electron chi connectivity index (χ0n) is 11.6. The molecule has 0 aromatic heterocycles. The largest absolute Gasteiger partial charge is 0.493 e. The average Bonchev–Trinajstić information content (AvgIpc) is 2.45. The minimum atomic E-state index is -0.216. The summed E-state index contributed by atoms with van der Waals surface area (Å²) in [5.41, 5.74) is 0.668. The molecule has 0 spiro atoms. The number of benzene rings is 1.